The van der Waals surface area contributed by atoms with Crippen LogP contribution in [0.15, 0.2) is 65.7 Å². The van der Waals surface area contributed by atoms with Gasteiger partial charge in [0, 0.05) is 5.54 Å². The highest BCUT2D eigenvalue weighted by Crippen LogP contribution is 2.25. The Bertz CT molecular complexity index is 502. The van der Waals surface area contributed by atoms with E-state index in [9.17, 15) is 5.11 Å². The largest absolute Gasteiger partial charge is 0.388 e. The van der Waals surface area contributed by atoms with Crippen molar-refractivity contribution in [2.45, 2.75) is 45.6 Å². The van der Waals surface area contributed by atoms with E-state index in [1.807, 2.05) is 31.2 Å². The van der Waals surface area contributed by atoms with Crippen LogP contribution in [-0.4, -0.2) is 11.2 Å². The van der Waals surface area contributed by atoms with Crippen molar-refractivity contribution in [1.29, 1.82) is 0 Å². The van der Waals surface area contributed by atoms with Gasteiger partial charge in [0.1, 0.15) is 0 Å². The van der Waals surface area contributed by atoms with E-state index in [1.54, 1.807) is 11.6 Å². The molecule has 0 fully saturated rings. The van der Waals surface area contributed by atoms with Crippen molar-refractivity contribution in [3.63, 3.8) is 0 Å². The molecule has 0 bridgehead atoms. The lowest BCUT2D eigenvalue weighted by Gasteiger charge is -2.21. The number of hydrogen-bond acceptors (Lipinski definition) is 1. The van der Waals surface area contributed by atoms with E-state index in [-0.39, 0.29) is 0 Å². The molecule has 2 unspecified atom stereocenters. The minimum Gasteiger partial charge on any atom is -0.388 e. The minimum atomic E-state index is -0.421. The minimum absolute atomic E-state index is 0.336. The lowest BCUT2D eigenvalue weighted by atomic mass is 9.88. The molecule has 0 spiro atoms. The van der Waals surface area contributed by atoms with Crippen LogP contribution in [0.1, 0.15) is 38.7 Å². The van der Waals surface area contributed by atoms with E-state index in [0.717, 1.165) is 24.8 Å². The fourth-order valence-electron chi connectivity index (χ4n) is 2.71. The highest BCUT2D eigenvalue weighted by Gasteiger charge is 2.16. The van der Waals surface area contributed by atoms with Gasteiger partial charge in [0.15, 0.2) is 0 Å². The first-order valence-electron chi connectivity index (χ1n) is 7.89. The Morgan fingerprint density at radius 2 is 2.00 bits per heavy atom. The number of benzene rings is 1. The fourth-order valence-corrected chi connectivity index (χ4v) is 2.89. The molecule has 22 heavy (non-hydrogen) atoms. The molecule has 0 saturated heterocycles. The lowest BCUT2D eigenvalue weighted by molar-refractivity contribution is 0.200. The first-order chi connectivity index (χ1) is 10.6. The summed E-state index contributed by atoms with van der Waals surface area (Å²) in [7, 11) is 0. The molecule has 1 N–H and O–H groups in total. The third kappa shape index (κ3) is 6.21. The monoisotopic (exact) mass is 318 g/mol. The Labute approximate surface area is 140 Å². The second kappa shape index (κ2) is 10.4. The smallest absolute Gasteiger partial charge is 0.0786 e. The van der Waals surface area contributed by atoms with Gasteiger partial charge in [-0.3, -0.25) is 0 Å². The summed E-state index contributed by atoms with van der Waals surface area (Å²) in [6.07, 6.45) is 6.79. The number of rotatable bonds is 9. The zero-order valence-corrected chi connectivity index (χ0v) is 14.4. The Kier molecular flexibility index (Phi) is 8.88. The summed E-state index contributed by atoms with van der Waals surface area (Å²) in [4.78, 5) is 0. The van der Waals surface area contributed by atoms with Crippen LogP contribution in [0, 0.1) is 5.92 Å². The molecule has 2 heteroatoms. The maximum atomic E-state index is 10.2. The predicted molar refractivity (Wildman–Crippen MR) is 97.1 cm³/mol. The van der Waals surface area contributed by atoms with Crippen molar-refractivity contribution in [3.8, 4) is 0 Å². The summed E-state index contributed by atoms with van der Waals surface area (Å²) < 4.78 is 0. The van der Waals surface area contributed by atoms with Crippen LogP contribution >= 0.6 is 11.6 Å². The van der Waals surface area contributed by atoms with Crippen molar-refractivity contribution in [1.82, 2.24) is 0 Å². The summed E-state index contributed by atoms with van der Waals surface area (Å²) in [5.41, 5.74) is 5.30. The summed E-state index contributed by atoms with van der Waals surface area (Å²) in [5, 5.41) is 10.2. The molecular weight excluding hydrogens is 292 g/mol. The molecule has 0 radical (unpaired) electrons. The molecule has 1 nitrogen and oxygen atoms in total. The average molecular weight is 319 g/mol. The van der Waals surface area contributed by atoms with E-state index in [0.29, 0.717) is 12.3 Å². The average Bonchev–Trinajstić information content (AvgIpc) is 2.53. The molecule has 1 rings (SSSR count). The Morgan fingerprint density at radius 1 is 1.32 bits per heavy atom. The second-order valence-corrected chi connectivity index (χ2v) is 5.92. The molecular formula is C20H27ClO. The van der Waals surface area contributed by atoms with Crippen LogP contribution in [0.5, 0.6) is 0 Å². The third-order valence-corrected chi connectivity index (χ3v) is 4.31. The molecule has 0 aliphatic heterocycles. The summed E-state index contributed by atoms with van der Waals surface area (Å²) in [6.45, 7) is 7.85. The van der Waals surface area contributed by atoms with E-state index in [1.165, 1.54) is 11.1 Å². The number of allylic oxidation sites excluding steroid dienone is 2. The van der Waals surface area contributed by atoms with Crippen molar-refractivity contribution in [2.75, 3.05) is 0 Å². The van der Waals surface area contributed by atoms with Crippen molar-refractivity contribution in [2.24, 2.45) is 5.92 Å². The standard InChI is InChI=1S/C20H27ClO/c1-4-9-20(22)19(5-2)16(3)12-13-18(15-21)14-17-10-7-6-8-11-17/h4-8,10-11,15-16,20,22H,1,9,12-14H2,2-3H3/b18-15+,19-5-. The Balaban J connectivity index is 2.57. The van der Waals surface area contributed by atoms with Crippen LogP contribution < -0.4 is 0 Å². The number of hydrogen-bond donors (Lipinski definition) is 1. The molecule has 1 aromatic rings. The van der Waals surface area contributed by atoms with Gasteiger partial charge in [0.2, 0.25) is 0 Å². The maximum Gasteiger partial charge on any atom is 0.0786 e. The van der Waals surface area contributed by atoms with Gasteiger partial charge in [-0.25, -0.2) is 0 Å². The van der Waals surface area contributed by atoms with Gasteiger partial charge in [-0.1, -0.05) is 66.6 Å². The Hall–Kier alpha value is -1.31. The highest BCUT2D eigenvalue weighted by atomic mass is 35.5. The van der Waals surface area contributed by atoms with E-state index in [2.05, 4.69) is 25.6 Å². The van der Waals surface area contributed by atoms with Gasteiger partial charge in [-0.05, 0) is 49.7 Å². The molecule has 0 heterocycles. The number of aliphatic hydroxyl groups is 1. The van der Waals surface area contributed by atoms with E-state index in [4.69, 9.17) is 11.6 Å². The predicted octanol–water partition coefficient (Wildman–Crippen LogP) is 5.65. The molecule has 2 atom stereocenters. The van der Waals surface area contributed by atoms with E-state index >= 15 is 0 Å². The molecule has 0 amide bonds. The highest BCUT2D eigenvalue weighted by molar-refractivity contribution is 6.25. The molecule has 0 aliphatic rings. The summed E-state index contributed by atoms with van der Waals surface area (Å²) >= 11 is 5.99. The molecule has 0 saturated carbocycles. The first-order valence-corrected chi connectivity index (χ1v) is 8.33. The maximum absolute atomic E-state index is 10.2. The quantitative estimate of drug-likeness (QED) is 0.583. The van der Waals surface area contributed by atoms with Gasteiger partial charge >= 0.3 is 0 Å². The topological polar surface area (TPSA) is 20.2 Å². The SMILES string of the molecule is C=CCC(O)/C(=C\C)C(C)CC/C(=C\Cl)Cc1ccccc1. The zero-order chi connectivity index (χ0) is 16.4. The van der Waals surface area contributed by atoms with Crippen molar-refractivity contribution < 1.29 is 5.11 Å². The number of aliphatic hydroxyl groups excluding tert-OH is 1. The molecule has 120 valence electrons. The molecule has 0 aromatic heterocycles. The van der Waals surface area contributed by atoms with Crippen LogP contribution in [0.3, 0.4) is 0 Å². The first kappa shape index (κ1) is 18.7. The lowest BCUT2D eigenvalue weighted by Crippen LogP contribution is -2.16. The molecule has 1 aromatic carbocycles. The van der Waals surface area contributed by atoms with Gasteiger partial charge in [-0.15, -0.1) is 6.58 Å². The van der Waals surface area contributed by atoms with Gasteiger partial charge in [0.25, 0.3) is 0 Å². The van der Waals surface area contributed by atoms with Gasteiger partial charge in [0.05, 0.1) is 6.10 Å². The van der Waals surface area contributed by atoms with Crippen LogP contribution in [-0.2, 0) is 6.42 Å². The van der Waals surface area contributed by atoms with Gasteiger partial charge < -0.3 is 5.11 Å². The van der Waals surface area contributed by atoms with Crippen molar-refractivity contribution >= 4 is 11.6 Å². The van der Waals surface area contributed by atoms with Crippen LogP contribution in [0.25, 0.3) is 0 Å². The Morgan fingerprint density at radius 3 is 2.55 bits per heavy atom. The number of halogens is 1. The van der Waals surface area contributed by atoms with Crippen LogP contribution in [0.4, 0.5) is 0 Å². The van der Waals surface area contributed by atoms with E-state index < -0.39 is 6.10 Å². The normalized spacial score (nSPS) is 15.5. The van der Waals surface area contributed by atoms with Crippen LogP contribution in [0.2, 0.25) is 0 Å². The third-order valence-electron chi connectivity index (χ3n) is 4.00. The summed E-state index contributed by atoms with van der Waals surface area (Å²) in [6, 6.07) is 10.4. The van der Waals surface area contributed by atoms with Gasteiger partial charge in [-0.2, -0.15) is 0 Å². The summed E-state index contributed by atoms with van der Waals surface area (Å²) in [5.74, 6) is 0.336. The second-order valence-electron chi connectivity index (χ2n) is 5.70. The zero-order valence-electron chi connectivity index (χ0n) is 13.6. The fraction of sp³-hybridized carbons (Fsp3) is 0.400. The molecule has 0 aliphatic carbocycles. The van der Waals surface area contributed by atoms with Crippen molar-refractivity contribution in [3.05, 3.63) is 71.3 Å².